The highest BCUT2D eigenvalue weighted by Crippen LogP contribution is 2.19. The molecule has 1 aromatic carbocycles. The molecule has 1 aromatic heterocycles. The van der Waals surface area contributed by atoms with E-state index < -0.39 is 11.7 Å². The smallest absolute Gasteiger partial charge is 0.228 e. The molecule has 0 saturated heterocycles. The summed E-state index contributed by atoms with van der Waals surface area (Å²) in [5.74, 6) is -1.30. The van der Waals surface area contributed by atoms with Crippen LogP contribution in [0.15, 0.2) is 24.5 Å². The fraction of sp³-hybridized carbons (Fsp3) is 0.333. The molecule has 106 valence electrons. The van der Waals surface area contributed by atoms with Gasteiger partial charge >= 0.3 is 0 Å². The van der Waals surface area contributed by atoms with E-state index in [-0.39, 0.29) is 17.6 Å². The molecule has 0 aliphatic carbocycles. The van der Waals surface area contributed by atoms with Gasteiger partial charge in [-0.15, -0.1) is 5.10 Å². The topological polar surface area (TPSA) is 98.7 Å². The molecule has 2 unspecified atom stereocenters. The quantitative estimate of drug-likeness (QED) is 0.858. The first-order chi connectivity index (χ1) is 9.49. The Morgan fingerprint density at radius 2 is 2.20 bits per heavy atom. The first-order valence-electron chi connectivity index (χ1n) is 6.08. The van der Waals surface area contributed by atoms with Crippen molar-refractivity contribution in [1.29, 1.82) is 0 Å². The van der Waals surface area contributed by atoms with Crippen molar-refractivity contribution in [3.8, 4) is 5.69 Å². The molecule has 7 nitrogen and oxygen atoms in total. The van der Waals surface area contributed by atoms with E-state index in [0.29, 0.717) is 5.69 Å². The van der Waals surface area contributed by atoms with E-state index in [9.17, 15) is 9.18 Å². The highest BCUT2D eigenvalue weighted by molar-refractivity contribution is 5.93. The Kier molecular flexibility index (Phi) is 4.04. The first kappa shape index (κ1) is 14.1. The highest BCUT2D eigenvalue weighted by atomic mass is 19.1. The van der Waals surface area contributed by atoms with Gasteiger partial charge in [-0.1, -0.05) is 6.92 Å². The van der Waals surface area contributed by atoms with Gasteiger partial charge < -0.3 is 11.1 Å². The van der Waals surface area contributed by atoms with E-state index in [1.165, 1.54) is 29.2 Å². The minimum atomic E-state index is -0.535. The van der Waals surface area contributed by atoms with Gasteiger partial charge in [0.25, 0.3) is 0 Å². The van der Waals surface area contributed by atoms with Crippen LogP contribution in [0.4, 0.5) is 10.1 Å². The van der Waals surface area contributed by atoms with Crippen molar-refractivity contribution in [2.45, 2.75) is 19.9 Å². The van der Waals surface area contributed by atoms with Crippen LogP contribution in [0.1, 0.15) is 13.8 Å². The number of nitrogens with zero attached hydrogens (tertiary/aromatic N) is 4. The maximum atomic E-state index is 13.7. The van der Waals surface area contributed by atoms with Crippen molar-refractivity contribution in [3.63, 3.8) is 0 Å². The average Bonchev–Trinajstić information content (AvgIpc) is 2.94. The van der Waals surface area contributed by atoms with E-state index in [4.69, 9.17) is 5.73 Å². The molecule has 2 atom stereocenters. The van der Waals surface area contributed by atoms with Crippen LogP contribution in [0.3, 0.4) is 0 Å². The average molecular weight is 278 g/mol. The van der Waals surface area contributed by atoms with Crippen molar-refractivity contribution >= 4 is 11.6 Å². The van der Waals surface area contributed by atoms with Gasteiger partial charge in [0.05, 0.1) is 17.3 Å². The molecule has 20 heavy (non-hydrogen) atoms. The Morgan fingerprint density at radius 1 is 1.45 bits per heavy atom. The zero-order valence-corrected chi connectivity index (χ0v) is 11.1. The van der Waals surface area contributed by atoms with Crippen molar-refractivity contribution in [2.24, 2.45) is 11.7 Å². The molecule has 8 heteroatoms. The van der Waals surface area contributed by atoms with Crippen LogP contribution < -0.4 is 11.1 Å². The summed E-state index contributed by atoms with van der Waals surface area (Å²) in [6.45, 7) is 3.40. The zero-order chi connectivity index (χ0) is 14.7. The molecule has 0 aliphatic rings. The molecule has 3 N–H and O–H groups in total. The summed E-state index contributed by atoms with van der Waals surface area (Å²) in [5.41, 5.74) is 6.26. The number of benzene rings is 1. The lowest BCUT2D eigenvalue weighted by Crippen LogP contribution is -2.34. The van der Waals surface area contributed by atoms with Crippen LogP contribution in [-0.4, -0.2) is 32.2 Å². The zero-order valence-electron chi connectivity index (χ0n) is 11.1. The molecule has 0 saturated carbocycles. The Bertz CT molecular complexity index is 598. The van der Waals surface area contributed by atoms with Crippen LogP contribution in [0.25, 0.3) is 5.69 Å². The molecule has 0 radical (unpaired) electrons. The van der Waals surface area contributed by atoms with Gasteiger partial charge in [0, 0.05) is 6.04 Å². The van der Waals surface area contributed by atoms with E-state index in [0.717, 1.165) is 0 Å². The van der Waals surface area contributed by atoms with Crippen molar-refractivity contribution in [3.05, 3.63) is 30.3 Å². The number of nitrogens with two attached hydrogens (primary N) is 1. The van der Waals surface area contributed by atoms with Crippen LogP contribution in [0, 0.1) is 11.7 Å². The molecule has 1 heterocycles. The van der Waals surface area contributed by atoms with Gasteiger partial charge in [-0.05, 0) is 35.5 Å². The van der Waals surface area contributed by atoms with Crippen molar-refractivity contribution < 1.29 is 9.18 Å². The lowest BCUT2D eigenvalue weighted by molar-refractivity contribution is -0.119. The van der Waals surface area contributed by atoms with E-state index in [1.807, 2.05) is 0 Å². The fourth-order valence-corrected chi connectivity index (χ4v) is 1.52. The number of carbonyl (C=O) groups excluding carboxylic acids is 1. The molecule has 1 amide bonds. The van der Waals surface area contributed by atoms with Gasteiger partial charge in [0.2, 0.25) is 5.91 Å². The van der Waals surface area contributed by atoms with Crippen molar-refractivity contribution in [1.82, 2.24) is 20.2 Å². The molecule has 2 aromatic rings. The van der Waals surface area contributed by atoms with Gasteiger partial charge in [-0.3, -0.25) is 4.79 Å². The second-order valence-electron chi connectivity index (χ2n) is 4.56. The van der Waals surface area contributed by atoms with Gasteiger partial charge in [0.1, 0.15) is 12.1 Å². The third-order valence-corrected chi connectivity index (χ3v) is 3.02. The molecule has 0 fully saturated rings. The highest BCUT2D eigenvalue weighted by Gasteiger charge is 2.18. The minimum Gasteiger partial charge on any atom is -0.327 e. The Labute approximate surface area is 115 Å². The number of amides is 1. The fourth-order valence-electron chi connectivity index (χ4n) is 1.52. The molecule has 0 spiro atoms. The number of halogens is 1. The van der Waals surface area contributed by atoms with Gasteiger partial charge in [0.15, 0.2) is 0 Å². The summed E-state index contributed by atoms with van der Waals surface area (Å²) in [6.07, 6.45) is 1.38. The largest absolute Gasteiger partial charge is 0.327 e. The molecule has 2 rings (SSSR count). The summed E-state index contributed by atoms with van der Waals surface area (Å²) in [6, 6.07) is 3.89. The van der Waals surface area contributed by atoms with Crippen LogP contribution >= 0.6 is 0 Å². The Morgan fingerprint density at radius 3 is 2.80 bits per heavy atom. The Hall–Kier alpha value is -2.35. The Balaban J connectivity index is 2.24. The second-order valence-corrected chi connectivity index (χ2v) is 4.56. The third kappa shape index (κ3) is 2.97. The lowest BCUT2D eigenvalue weighted by Gasteiger charge is -2.16. The predicted molar refractivity (Wildman–Crippen MR) is 70.6 cm³/mol. The molecule has 0 aliphatic heterocycles. The first-order valence-corrected chi connectivity index (χ1v) is 6.08. The van der Waals surface area contributed by atoms with Crippen LogP contribution in [0.5, 0.6) is 0 Å². The number of aromatic nitrogens is 4. The number of anilines is 1. The summed E-state index contributed by atoms with van der Waals surface area (Å²) in [4.78, 5) is 11.9. The summed E-state index contributed by atoms with van der Waals surface area (Å²) in [5, 5.41) is 13.2. The molecule has 0 bridgehead atoms. The predicted octanol–water partition coefficient (Wildman–Crippen LogP) is 0.723. The van der Waals surface area contributed by atoms with E-state index in [2.05, 4.69) is 20.8 Å². The maximum absolute atomic E-state index is 13.7. The van der Waals surface area contributed by atoms with Crippen LogP contribution in [0.2, 0.25) is 0 Å². The lowest BCUT2D eigenvalue weighted by atomic mass is 10.0. The number of nitrogens with one attached hydrogen (secondary N) is 1. The number of carbonyl (C=O) groups is 1. The van der Waals surface area contributed by atoms with E-state index >= 15 is 0 Å². The van der Waals surface area contributed by atoms with E-state index in [1.54, 1.807) is 13.8 Å². The summed E-state index contributed by atoms with van der Waals surface area (Å²) < 4.78 is 15.1. The number of tetrazole rings is 1. The monoisotopic (exact) mass is 278 g/mol. The van der Waals surface area contributed by atoms with Gasteiger partial charge in [-0.25, -0.2) is 9.07 Å². The van der Waals surface area contributed by atoms with Gasteiger partial charge in [-0.2, -0.15) is 0 Å². The number of hydrogen-bond donors (Lipinski definition) is 2. The third-order valence-electron chi connectivity index (χ3n) is 3.02. The second kappa shape index (κ2) is 5.74. The molecular formula is C12H15FN6O. The van der Waals surface area contributed by atoms with Crippen molar-refractivity contribution in [2.75, 3.05) is 5.32 Å². The number of rotatable bonds is 4. The summed E-state index contributed by atoms with van der Waals surface area (Å²) >= 11 is 0. The summed E-state index contributed by atoms with van der Waals surface area (Å²) in [7, 11) is 0. The minimum absolute atomic E-state index is 0.0653. The maximum Gasteiger partial charge on any atom is 0.228 e. The number of hydrogen-bond acceptors (Lipinski definition) is 5. The SMILES string of the molecule is CC(N)C(C)C(=O)Nc1cc(-n2cnnn2)ccc1F. The van der Waals surface area contributed by atoms with Crippen LogP contribution in [-0.2, 0) is 4.79 Å². The standard InChI is InChI=1S/C12H15FN6O/c1-7(8(2)14)12(20)16-11-5-9(3-4-10(11)13)19-6-15-17-18-19/h3-8H,14H2,1-2H3,(H,16,20). The normalized spacial score (nSPS) is 13.8. The molecular weight excluding hydrogens is 263 g/mol.